The van der Waals surface area contributed by atoms with Gasteiger partial charge in [-0.2, -0.15) is 0 Å². The predicted octanol–water partition coefficient (Wildman–Crippen LogP) is 1.76. The third-order valence-electron chi connectivity index (χ3n) is 3.48. The standard InChI is InChI=1S/C14H18ClNO5S/c1-3-21-13-6-10(4-5-12(13)20-2)8-16-9-11(7-14(16)17)22(15,18)19/h4-6,11H,3,7-9H2,1-2H3. The van der Waals surface area contributed by atoms with Crippen LogP contribution >= 0.6 is 10.7 Å². The highest BCUT2D eigenvalue weighted by atomic mass is 35.7. The molecule has 0 spiro atoms. The number of nitrogens with zero attached hydrogens (tertiary/aromatic N) is 1. The topological polar surface area (TPSA) is 72.9 Å². The Morgan fingerprint density at radius 1 is 1.36 bits per heavy atom. The van der Waals surface area contributed by atoms with Crippen molar-refractivity contribution in [3.05, 3.63) is 23.8 Å². The molecule has 1 amide bonds. The highest BCUT2D eigenvalue weighted by Crippen LogP contribution is 2.30. The van der Waals surface area contributed by atoms with Gasteiger partial charge in [-0.1, -0.05) is 6.07 Å². The lowest BCUT2D eigenvalue weighted by Gasteiger charge is -2.17. The summed E-state index contributed by atoms with van der Waals surface area (Å²) in [7, 11) is 3.17. The van der Waals surface area contributed by atoms with Crippen LogP contribution in [0.3, 0.4) is 0 Å². The quantitative estimate of drug-likeness (QED) is 0.733. The second kappa shape index (κ2) is 6.75. The number of rotatable bonds is 6. The van der Waals surface area contributed by atoms with Gasteiger partial charge in [0.25, 0.3) is 0 Å². The van der Waals surface area contributed by atoms with Gasteiger partial charge in [-0.05, 0) is 24.6 Å². The number of methoxy groups -OCH3 is 1. The number of carbonyl (C=O) groups excluding carboxylic acids is 1. The molecule has 1 aromatic rings. The molecule has 22 heavy (non-hydrogen) atoms. The predicted molar refractivity (Wildman–Crippen MR) is 82.8 cm³/mol. The average Bonchev–Trinajstić information content (AvgIpc) is 2.81. The molecule has 0 saturated carbocycles. The summed E-state index contributed by atoms with van der Waals surface area (Å²) in [4.78, 5) is 13.4. The van der Waals surface area contributed by atoms with Crippen molar-refractivity contribution in [3.8, 4) is 11.5 Å². The molecule has 0 radical (unpaired) electrons. The van der Waals surface area contributed by atoms with Gasteiger partial charge in [0.15, 0.2) is 11.5 Å². The molecule has 1 aliphatic heterocycles. The van der Waals surface area contributed by atoms with Gasteiger partial charge in [0.05, 0.1) is 13.7 Å². The highest BCUT2D eigenvalue weighted by Gasteiger charge is 2.37. The maximum atomic E-state index is 11.9. The Morgan fingerprint density at radius 2 is 2.09 bits per heavy atom. The lowest BCUT2D eigenvalue weighted by molar-refractivity contribution is -0.128. The molecule has 0 N–H and O–H groups in total. The maximum absolute atomic E-state index is 11.9. The van der Waals surface area contributed by atoms with Crippen LogP contribution in [0.2, 0.25) is 0 Å². The largest absolute Gasteiger partial charge is 0.493 e. The van der Waals surface area contributed by atoms with Gasteiger partial charge in [-0.15, -0.1) is 0 Å². The molecule has 1 aliphatic rings. The van der Waals surface area contributed by atoms with E-state index in [9.17, 15) is 13.2 Å². The van der Waals surface area contributed by atoms with E-state index in [1.54, 1.807) is 19.2 Å². The Morgan fingerprint density at radius 3 is 2.64 bits per heavy atom. The van der Waals surface area contributed by atoms with Crippen molar-refractivity contribution in [3.63, 3.8) is 0 Å². The van der Waals surface area contributed by atoms with Crippen LogP contribution in [0.1, 0.15) is 18.9 Å². The van der Waals surface area contributed by atoms with Crippen molar-refractivity contribution in [2.75, 3.05) is 20.3 Å². The molecule has 0 bridgehead atoms. The highest BCUT2D eigenvalue weighted by molar-refractivity contribution is 8.14. The fourth-order valence-electron chi connectivity index (χ4n) is 2.39. The van der Waals surface area contributed by atoms with Crippen LogP contribution in [0.15, 0.2) is 18.2 Å². The second-order valence-electron chi connectivity index (χ2n) is 4.99. The van der Waals surface area contributed by atoms with Gasteiger partial charge in [0, 0.05) is 30.2 Å². The molecule has 1 fully saturated rings. The first kappa shape index (κ1) is 16.9. The molecular weight excluding hydrogens is 330 g/mol. The zero-order valence-corrected chi connectivity index (χ0v) is 14.0. The minimum Gasteiger partial charge on any atom is -0.493 e. The van der Waals surface area contributed by atoms with Crippen molar-refractivity contribution in [2.24, 2.45) is 0 Å². The van der Waals surface area contributed by atoms with Crippen LogP contribution in [0.4, 0.5) is 0 Å². The summed E-state index contributed by atoms with van der Waals surface area (Å²) in [6, 6.07) is 5.37. The fourth-order valence-corrected chi connectivity index (χ4v) is 3.44. The zero-order chi connectivity index (χ0) is 16.3. The summed E-state index contributed by atoms with van der Waals surface area (Å²) in [6.07, 6.45) is -0.0691. The van der Waals surface area contributed by atoms with Gasteiger partial charge in [-0.25, -0.2) is 8.42 Å². The number of amides is 1. The second-order valence-corrected chi connectivity index (χ2v) is 7.90. The average molecular weight is 348 g/mol. The number of hydrogen-bond acceptors (Lipinski definition) is 5. The number of halogens is 1. The molecule has 1 saturated heterocycles. The minimum atomic E-state index is -3.72. The van der Waals surface area contributed by atoms with Gasteiger partial charge >= 0.3 is 0 Å². The Balaban J connectivity index is 2.14. The molecule has 0 aliphatic carbocycles. The summed E-state index contributed by atoms with van der Waals surface area (Å²) >= 11 is 0. The monoisotopic (exact) mass is 347 g/mol. The molecule has 2 rings (SSSR count). The van der Waals surface area contributed by atoms with Crippen LogP contribution in [-0.4, -0.2) is 44.7 Å². The third kappa shape index (κ3) is 3.84. The van der Waals surface area contributed by atoms with Crippen molar-refractivity contribution in [1.29, 1.82) is 0 Å². The van der Waals surface area contributed by atoms with Gasteiger partial charge < -0.3 is 14.4 Å². The zero-order valence-electron chi connectivity index (χ0n) is 12.4. The number of hydrogen-bond donors (Lipinski definition) is 0. The summed E-state index contributed by atoms with van der Waals surface area (Å²) < 4.78 is 33.4. The van der Waals surface area contributed by atoms with Crippen molar-refractivity contribution in [1.82, 2.24) is 4.90 Å². The molecular formula is C14H18ClNO5S. The molecule has 1 heterocycles. The molecule has 1 atom stereocenters. The van der Waals surface area contributed by atoms with Crippen molar-refractivity contribution in [2.45, 2.75) is 25.1 Å². The van der Waals surface area contributed by atoms with Gasteiger partial charge in [0.2, 0.25) is 15.0 Å². The van der Waals surface area contributed by atoms with E-state index in [1.165, 1.54) is 4.90 Å². The molecule has 1 aromatic carbocycles. The van der Waals surface area contributed by atoms with E-state index < -0.39 is 14.3 Å². The molecule has 8 heteroatoms. The SMILES string of the molecule is CCOc1cc(CN2CC(S(=O)(=O)Cl)CC2=O)ccc1OC. The first-order valence-electron chi connectivity index (χ1n) is 6.86. The van der Waals surface area contributed by atoms with Gasteiger partial charge in [0.1, 0.15) is 5.25 Å². The van der Waals surface area contributed by atoms with E-state index in [0.717, 1.165) is 5.56 Å². The summed E-state index contributed by atoms with van der Waals surface area (Å²) in [5.41, 5.74) is 0.838. The van der Waals surface area contributed by atoms with E-state index in [1.807, 2.05) is 13.0 Å². The Bertz CT molecular complexity index is 661. The number of ether oxygens (including phenoxy) is 2. The summed E-state index contributed by atoms with van der Waals surface area (Å²) in [6.45, 7) is 2.79. The number of likely N-dealkylation sites (tertiary alicyclic amines) is 1. The van der Waals surface area contributed by atoms with E-state index in [0.29, 0.717) is 24.7 Å². The van der Waals surface area contributed by atoms with Crippen LogP contribution < -0.4 is 9.47 Å². The number of benzene rings is 1. The van der Waals surface area contributed by atoms with Crippen LogP contribution in [0.5, 0.6) is 11.5 Å². The third-order valence-corrected chi connectivity index (χ3v) is 5.35. The molecule has 1 unspecified atom stereocenters. The Kier molecular flexibility index (Phi) is 5.18. The smallest absolute Gasteiger partial charge is 0.237 e. The minimum absolute atomic E-state index is 0.0691. The van der Waals surface area contributed by atoms with E-state index in [2.05, 4.69) is 0 Å². The van der Waals surface area contributed by atoms with Crippen LogP contribution in [-0.2, 0) is 20.4 Å². The van der Waals surface area contributed by atoms with Crippen LogP contribution in [0.25, 0.3) is 0 Å². The summed E-state index contributed by atoms with van der Waals surface area (Å²) in [5.74, 6) is 0.984. The first-order chi connectivity index (χ1) is 10.3. The lowest BCUT2D eigenvalue weighted by Crippen LogP contribution is -2.26. The summed E-state index contributed by atoms with van der Waals surface area (Å²) in [5, 5.41) is -0.841. The van der Waals surface area contributed by atoms with E-state index >= 15 is 0 Å². The number of carbonyl (C=O) groups is 1. The lowest BCUT2D eigenvalue weighted by atomic mass is 10.2. The Hall–Kier alpha value is -1.47. The van der Waals surface area contributed by atoms with Crippen LogP contribution in [0, 0.1) is 0 Å². The van der Waals surface area contributed by atoms with E-state index in [4.69, 9.17) is 20.2 Å². The fraction of sp³-hybridized carbons (Fsp3) is 0.500. The molecule has 122 valence electrons. The first-order valence-corrected chi connectivity index (χ1v) is 9.23. The van der Waals surface area contributed by atoms with Gasteiger partial charge in [-0.3, -0.25) is 4.79 Å². The molecule has 6 nitrogen and oxygen atoms in total. The van der Waals surface area contributed by atoms with E-state index in [-0.39, 0.29) is 18.9 Å². The normalized spacial score (nSPS) is 18.6. The van der Waals surface area contributed by atoms with Crippen molar-refractivity contribution >= 4 is 25.6 Å². The van der Waals surface area contributed by atoms with Crippen molar-refractivity contribution < 1.29 is 22.7 Å². The molecule has 0 aromatic heterocycles. The maximum Gasteiger partial charge on any atom is 0.237 e. The Labute approximate surface area is 134 Å².